The lowest BCUT2D eigenvalue weighted by atomic mass is 10.1. The van der Waals surface area contributed by atoms with Crippen LogP contribution in [-0.2, 0) is 0 Å². The van der Waals surface area contributed by atoms with Crippen LogP contribution >= 0.6 is 28.1 Å². The first kappa shape index (κ1) is 15.2. The Morgan fingerprint density at radius 3 is 2.56 bits per heavy atom. The molecule has 0 aliphatic carbocycles. The summed E-state index contributed by atoms with van der Waals surface area (Å²) in [5.41, 5.74) is 5.00. The maximum Gasteiger partial charge on any atom is 0.401 e. The van der Waals surface area contributed by atoms with E-state index in [0.29, 0.717) is 4.47 Å². The molecule has 1 atom stereocenters. The predicted molar refractivity (Wildman–Crippen MR) is 65.9 cm³/mol. The Bertz CT molecular complexity index is 452. The summed E-state index contributed by atoms with van der Waals surface area (Å²) in [6, 6.07) is 3.44. The van der Waals surface area contributed by atoms with E-state index in [-0.39, 0.29) is 5.75 Å². The van der Waals surface area contributed by atoms with Crippen molar-refractivity contribution in [1.82, 2.24) is 0 Å². The molecular weight excluding hydrogens is 338 g/mol. The number of thiocarbonyl (C=S) groups is 1. The molecule has 1 aromatic carbocycles. The van der Waals surface area contributed by atoms with Crippen LogP contribution in [0.4, 0.5) is 17.6 Å². The Balaban J connectivity index is 2.79. The van der Waals surface area contributed by atoms with Gasteiger partial charge in [-0.3, -0.25) is 0 Å². The van der Waals surface area contributed by atoms with Gasteiger partial charge in [-0.15, -0.1) is 0 Å². The van der Waals surface area contributed by atoms with Crippen molar-refractivity contribution in [3.8, 4) is 5.75 Å². The Morgan fingerprint density at radius 1 is 1.44 bits per heavy atom. The third-order valence-electron chi connectivity index (χ3n) is 2.04. The summed E-state index contributed by atoms with van der Waals surface area (Å²) in [5.74, 6) is -2.73. The van der Waals surface area contributed by atoms with E-state index in [9.17, 15) is 17.6 Å². The Labute approximate surface area is 114 Å². The SMILES string of the molecule is NC(=S)C(COc1cc(F)ccc1Br)C(F)(F)F. The molecule has 0 saturated heterocycles. The summed E-state index contributed by atoms with van der Waals surface area (Å²) in [4.78, 5) is -0.713. The van der Waals surface area contributed by atoms with Gasteiger partial charge in [0.15, 0.2) is 0 Å². The van der Waals surface area contributed by atoms with Gasteiger partial charge in [0.2, 0.25) is 0 Å². The highest BCUT2D eigenvalue weighted by molar-refractivity contribution is 9.10. The number of nitrogens with two attached hydrogens (primary N) is 1. The molecule has 0 radical (unpaired) electrons. The van der Waals surface area contributed by atoms with Gasteiger partial charge in [-0.2, -0.15) is 13.2 Å². The van der Waals surface area contributed by atoms with Crippen LogP contribution < -0.4 is 10.5 Å². The second-order valence-corrected chi connectivity index (χ2v) is 4.71. The van der Waals surface area contributed by atoms with Gasteiger partial charge in [0.25, 0.3) is 0 Å². The summed E-state index contributed by atoms with van der Waals surface area (Å²) < 4.78 is 55.7. The van der Waals surface area contributed by atoms with Crippen LogP contribution in [0.25, 0.3) is 0 Å². The van der Waals surface area contributed by atoms with Crippen molar-refractivity contribution >= 4 is 33.1 Å². The molecule has 1 rings (SSSR count). The van der Waals surface area contributed by atoms with Crippen molar-refractivity contribution < 1.29 is 22.3 Å². The normalized spacial score (nSPS) is 13.2. The van der Waals surface area contributed by atoms with Gasteiger partial charge in [0, 0.05) is 6.07 Å². The van der Waals surface area contributed by atoms with E-state index in [4.69, 9.17) is 10.5 Å². The topological polar surface area (TPSA) is 35.2 Å². The molecule has 0 bridgehead atoms. The van der Waals surface area contributed by atoms with Crippen molar-refractivity contribution in [2.75, 3.05) is 6.61 Å². The predicted octanol–water partition coefficient (Wildman–Crippen LogP) is 3.43. The maximum absolute atomic E-state index is 12.9. The van der Waals surface area contributed by atoms with E-state index in [1.165, 1.54) is 6.07 Å². The minimum atomic E-state index is -4.59. The van der Waals surface area contributed by atoms with E-state index in [0.717, 1.165) is 12.1 Å². The molecule has 0 amide bonds. The fourth-order valence-corrected chi connectivity index (χ4v) is 1.66. The number of hydrogen-bond donors (Lipinski definition) is 1. The van der Waals surface area contributed by atoms with Crippen molar-refractivity contribution in [3.63, 3.8) is 0 Å². The fourth-order valence-electron chi connectivity index (χ4n) is 1.10. The quantitative estimate of drug-likeness (QED) is 0.670. The minimum absolute atomic E-state index is 0.0412. The second kappa shape index (κ2) is 5.83. The molecule has 2 nitrogen and oxygen atoms in total. The minimum Gasteiger partial charge on any atom is -0.491 e. The zero-order chi connectivity index (χ0) is 13.9. The summed E-state index contributed by atoms with van der Waals surface area (Å²) in [5, 5.41) is 0. The van der Waals surface area contributed by atoms with Gasteiger partial charge >= 0.3 is 6.18 Å². The highest BCUT2D eigenvalue weighted by Gasteiger charge is 2.42. The van der Waals surface area contributed by atoms with E-state index in [2.05, 4.69) is 28.1 Å². The molecule has 0 saturated carbocycles. The molecule has 1 aromatic rings. The average Bonchev–Trinajstić information content (AvgIpc) is 2.20. The highest BCUT2D eigenvalue weighted by atomic mass is 79.9. The fraction of sp³-hybridized carbons (Fsp3) is 0.300. The number of alkyl halides is 3. The van der Waals surface area contributed by atoms with Crippen LogP contribution in [-0.4, -0.2) is 17.8 Å². The third-order valence-corrected chi connectivity index (χ3v) is 2.98. The first-order valence-corrected chi connectivity index (χ1v) is 5.86. The largest absolute Gasteiger partial charge is 0.491 e. The lowest BCUT2D eigenvalue weighted by molar-refractivity contribution is -0.161. The molecule has 2 N–H and O–H groups in total. The zero-order valence-electron chi connectivity index (χ0n) is 8.80. The van der Waals surface area contributed by atoms with Crippen molar-refractivity contribution in [3.05, 3.63) is 28.5 Å². The maximum atomic E-state index is 12.9. The number of benzene rings is 1. The van der Waals surface area contributed by atoms with Gasteiger partial charge in [0.05, 0.1) is 9.46 Å². The molecule has 0 aliphatic heterocycles. The smallest absolute Gasteiger partial charge is 0.401 e. The van der Waals surface area contributed by atoms with Crippen molar-refractivity contribution in [1.29, 1.82) is 0 Å². The van der Waals surface area contributed by atoms with Crippen LogP contribution in [0.1, 0.15) is 0 Å². The Kier molecular flexibility index (Phi) is 4.92. The zero-order valence-corrected chi connectivity index (χ0v) is 11.2. The second-order valence-electron chi connectivity index (χ2n) is 3.38. The number of halogens is 5. The van der Waals surface area contributed by atoms with Crippen LogP contribution in [0.2, 0.25) is 0 Å². The molecule has 18 heavy (non-hydrogen) atoms. The monoisotopic (exact) mass is 345 g/mol. The molecule has 0 aromatic heterocycles. The molecule has 100 valence electrons. The van der Waals surface area contributed by atoms with E-state index in [1.807, 2.05) is 0 Å². The van der Waals surface area contributed by atoms with E-state index < -0.39 is 29.5 Å². The standard InChI is InChI=1S/C10H8BrF4NOS/c11-7-2-1-5(12)3-8(7)17-4-6(9(16)18)10(13,14)15/h1-3,6H,4H2,(H2,16,18). The van der Waals surface area contributed by atoms with E-state index in [1.54, 1.807) is 0 Å². The Morgan fingerprint density at radius 2 is 2.06 bits per heavy atom. The molecular formula is C10H8BrF4NOS. The van der Waals surface area contributed by atoms with E-state index >= 15 is 0 Å². The molecule has 0 aliphatic rings. The first-order valence-electron chi connectivity index (χ1n) is 4.65. The summed E-state index contributed by atoms with van der Waals surface area (Å²) in [6.07, 6.45) is -4.59. The van der Waals surface area contributed by atoms with Crippen LogP contribution in [0, 0.1) is 11.7 Å². The van der Waals surface area contributed by atoms with Crippen LogP contribution in [0.3, 0.4) is 0 Å². The van der Waals surface area contributed by atoms with Gasteiger partial charge in [-0.05, 0) is 28.1 Å². The highest BCUT2D eigenvalue weighted by Crippen LogP contribution is 2.30. The van der Waals surface area contributed by atoms with Crippen LogP contribution in [0.5, 0.6) is 5.75 Å². The van der Waals surface area contributed by atoms with Gasteiger partial charge in [-0.1, -0.05) is 12.2 Å². The Hall–Kier alpha value is -0.890. The third kappa shape index (κ3) is 4.09. The van der Waals surface area contributed by atoms with Gasteiger partial charge in [0.1, 0.15) is 24.1 Å². The molecule has 0 spiro atoms. The van der Waals surface area contributed by atoms with Gasteiger partial charge in [-0.25, -0.2) is 4.39 Å². The molecule has 8 heteroatoms. The number of rotatable bonds is 4. The number of ether oxygens (including phenoxy) is 1. The lowest BCUT2D eigenvalue weighted by Gasteiger charge is -2.19. The van der Waals surface area contributed by atoms with Gasteiger partial charge < -0.3 is 10.5 Å². The van der Waals surface area contributed by atoms with Crippen molar-refractivity contribution in [2.24, 2.45) is 11.7 Å². The summed E-state index contributed by atoms with van der Waals surface area (Å²) >= 11 is 7.36. The number of hydrogen-bond acceptors (Lipinski definition) is 2. The first-order chi connectivity index (χ1) is 8.21. The molecule has 1 unspecified atom stereocenters. The van der Waals surface area contributed by atoms with Crippen molar-refractivity contribution in [2.45, 2.75) is 6.18 Å². The van der Waals surface area contributed by atoms with Crippen LogP contribution in [0.15, 0.2) is 22.7 Å². The molecule has 0 heterocycles. The summed E-state index contributed by atoms with van der Waals surface area (Å²) in [6.45, 7) is -0.791. The lowest BCUT2D eigenvalue weighted by Crippen LogP contribution is -2.38. The molecule has 0 fully saturated rings. The summed E-state index contributed by atoms with van der Waals surface area (Å²) in [7, 11) is 0. The average molecular weight is 346 g/mol.